The SMILES string of the molecule is C/C(F)=C\C(=O)NC(C)C. The monoisotopic (exact) mass is 145 g/mol. The topological polar surface area (TPSA) is 29.1 Å². The van der Waals surface area contributed by atoms with Gasteiger partial charge in [-0.15, -0.1) is 0 Å². The van der Waals surface area contributed by atoms with Crippen LogP contribution in [0.5, 0.6) is 0 Å². The molecule has 0 aromatic heterocycles. The van der Waals surface area contributed by atoms with Gasteiger partial charge in [-0.2, -0.15) is 0 Å². The van der Waals surface area contributed by atoms with Crippen molar-refractivity contribution in [2.75, 3.05) is 0 Å². The highest BCUT2D eigenvalue weighted by atomic mass is 19.1. The Morgan fingerprint density at radius 1 is 1.60 bits per heavy atom. The predicted molar refractivity (Wildman–Crippen MR) is 38.1 cm³/mol. The van der Waals surface area contributed by atoms with Gasteiger partial charge in [-0.05, 0) is 20.8 Å². The minimum absolute atomic E-state index is 0.0584. The van der Waals surface area contributed by atoms with E-state index in [-0.39, 0.29) is 11.9 Å². The Morgan fingerprint density at radius 3 is 2.40 bits per heavy atom. The maximum absolute atomic E-state index is 12.0. The summed E-state index contributed by atoms with van der Waals surface area (Å²) in [6.07, 6.45) is 0.931. The minimum Gasteiger partial charge on any atom is -0.350 e. The summed E-state index contributed by atoms with van der Waals surface area (Å²) in [4.78, 5) is 10.6. The summed E-state index contributed by atoms with van der Waals surface area (Å²) in [5, 5.41) is 2.52. The second-order valence-corrected chi connectivity index (χ2v) is 2.39. The lowest BCUT2D eigenvalue weighted by atomic mass is 10.4. The van der Waals surface area contributed by atoms with Crippen LogP contribution in [-0.2, 0) is 4.79 Å². The van der Waals surface area contributed by atoms with Crippen LogP contribution in [0.2, 0.25) is 0 Å². The minimum atomic E-state index is -0.474. The molecule has 1 amide bonds. The van der Waals surface area contributed by atoms with Crippen molar-refractivity contribution >= 4 is 5.91 Å². The summed E-state index contributed by atoms with van der Waals surface area (Å²) < 4.78 is 12.0. The Bertz CT molecular complexity index is 148. The predicted octanol–water partition coefficient (Wildman–Crippen LogP) is 1.38. The van der Waals surface area contributed by atoms with Crippen LogP contribution >= 0.6 is 0 Å². The van der Waals surface area contributed by atoms with Gasteiger partial charge < -0.3 is 5.32 Å². The van der Waals surface area contributed by atoms with Gasteiger partial charge in [0.05, 0.1) is 0 Å². The van der Waals surface area contributed by atoms with Crippen LogP contribution in [0.15, 0.2) is 11.9 Å². The average Bonchev–Trinajstić information content (AvgIpc) is 1.58. The number of halogens is 1. The Kier molecular flexibility index (Phi) is 3.69. The molecule has 0 aliphatic carbocycles. The molecule has 0 fully saturated rings. The Morgan fingerprint density at radius 2 is 2.10 bits per heavy atom. The van der Waals surface area contributed by atoms with Crippen molar-refractivity contribution < 1.29 is 9.18 Å². The standard InChI is InChI=1S/C7H12FNO/c1-5(2)9-7(10)4-6(3)8/h4-5H,1-3H3,(H,9,10)/b6-4+. The van der Waals surface area contributed by atoms with Crippen molar-refractivity contribution in [2.24, 2.45) is 0 Å². The van der Waals surface area contributed by atoms with Crippen LogP contribution in [0.3, 0.4) is 0 Å². The molecule has 0 aromatic rings. The number of hydrogen-bond acceptors (Lipinski definition) is 1. The third-order valence-electron chi connectivity index (χ3n) is 0.761. The zero-order valence-electron chi connectivity index (χ0n) is 6.44. The highest BCUT2D eigenvalue weighted by Crippen LogP contribution is 1.91. The maximum Gasteiger partial charge on any atom is 0.246 e. The van der Waals surface area contributed by atoms with Gasteiger partial charge in [-0.1, -0.05) is 0 Å². The summed E-state index contributed by atoms with van der Waals surface area (Å²) in [6.45, 7) is 4.87. The molecule has 0 aliphatic rings. The van der Waals surface area contributed by atoms with Crippen LogP contribution in [0.4, 0.5) is 4.39 Å². The number of carbonyl (C=O) groups excluding carboxylic acids is 1. The fourth-order valence-electron chi connectivity index (χ4n) is 0.507. The molecule has 0 unspecified atom stereocenters. The van der Waals surface area contributed by atoms with Gasteiger partial charge in [0.15, 0.2) is 0 Å². The van der Waals surface area contributed by atoms with Crippen molar-refractivity contribution in [3.63, 3.8) is 0 Å². The first-order valence-electron chi connectivity index (χ1n) is 3.16. The van der Waals surface area contributed by atoms with Crippen LogP contribution < -0.4 is 5.32 Å². The van der Waals surface area contributed by atoms with Crippen molar-refractivity contribution in [2.45, 2.75) is 26.8 Å². The van der Waals surface area contributed by atoms with Gasteiger partial charge >= 0.3 is 0 Å². The van der Waals surface area contributed by atoms with E-state index in [9.17, 15) is 9.18 Å². The van der Waals surface area contributed by atoms with Crippen LogP contribution in [0.1, 0.15) is 20.8 Å². The molecule has 10 heavy (non-hydrogen) atoms. The van der Waals surface area contributed by atoms with E-state index in [0.29, 0.717) is 0 Å². The highest BCUT2D eigenvalue weighted by Gasteiger charge is 1.98. The number of hydrogen-bond donors (Lipinski definition) is 1. The van der Waals surface area contributed by atoms with Crippen molar-refractivity contribution in [3.8, 4) is 0 Å². The zero-order chi connectivity index (χ0) is 8.15. The molecule has 3 heteroatoms. The van der Waals surface area contributed by atoms with E-state index in [1.54, 1.807) is 0 Å². The van der Waals surface area contributed by atoms with Gasteiger partial charge in [0, 0.05) is 12.1 Å². The summed E-state index contributed by atoms with van der Waals surface area (Å²) in [6, 6.07) is 0.0584. The van der Waals surface area contributed by atoms with E-state index >= 15 is 0 Å². The average molecular weight is 145 g/mol. The van der Waals surface area contributed by atoms with E-state index in [1.807, 2.05) is 13.8 Å². The summed E-state index contributed by atoms with van der Waals surface area (Å²) >= 11 is 0. The number of allylic oxidation sites excluding steroid dienone is 1. The molecular weight excluding hydrogens is 133 g/mol. The van der Waals surface area contributed by atoms with Gasteiger partial charge in [-0.25, -0.2) is 4.39 Å². The maximum atomic E-state index is 12.0. The van der Waals surface area contributed by atoms with Crippen LogP contribution in [0.25, 0.3) is 0 Å². The molecule has 0 bridgehead atoms. The molecule has 0 saturated heterocycles. The molecule has 0 rings (SSSR count). The number of nitrogens with one attached hydrogen (secondary N) is 1. The fourth-order valence-corrected chi connectivity index (χ4v) is 0.507. The Hall–Kier alpha value is -0.860. The lowest BCUT2D eigenvalue weighted by Crippen LogP contribution is -2.28. The molecule has 0 atom stereocenters. The lowest BCUT2D eigenvalue weighted by Gasteiger charge is -2.03. The van der Waals surface area contributed by atoms with Gasteiger partial charge in [0.25, 0.3) is 0 Å². The molecule has 0 heterocycles. The molecule has 58 valence electrons. The van der Waals surface area contributed by atoms with Gasteiger partial charge in [-0.3, -0.25) is 4.79 Å². The van der Waals surface area contributed by atoms with E-state index < -0.39 is 5.83 Å². The molecular formula is C7H12FNO. The molecule has 1 N–H and O–H groups in total. The van der Waals surface area contributed by atoms with E-state index in [1.165, 1.54) is 6.92 Å². The quantitative estimate of drug-likeness (QED) is 0.584. The summed E-state index contributed by atoms with van der Waals surface area (Å²) in [7, 11) is 0. The molecule has 0 spiro atoms. The summed E-state index contributed by atoms with van der Waals surface area (Å²) in [5.41, 5.74) is 0. The largest absolute Gasteiger partial charge is 0.350 e. The normalized spacial score (nSPS) is 11.9. The van der Waals surface area contributed by atoms with Crippen molar-refractivity contribution in [1.29, 1.82) is 0 Å². The van der Waals surface area contributed by atoms with Crippen molar-refractivity contribution in [1.82, 2.24) is 5.32 Å². The zero-order valence-corrected chi connectivity index (χ0v) is 6.44. The first kappa shape index (κ1) is 9.14. The van der Waals surface area contributed by atoms with Crippen LogP contribution in [0, 0.1) is 0 Å². The molecule has 0 radical (unpaired) electrons. The highest BCUT2D eigenvalue weighted by molar-refractivity contribution is 5.87. The first-order chi connectivity index (χ1) is 4.52. The summed E-state index contributed by atoms with van der Waals surface area (Å²) in [5.74, 6) is -0.854. The van der Waals surface area contributed by atoms with E-state index in [2.05, 4.69) is 5.32 Å². The third-order valence-corrected chi connectivity index (χ3v) is 0.761. The fraction of sp³-hybridized carbons (Fsp3) is 0.571. The molecule has 0 saturated carbocycles. The molecule has 0 aromatic carbocycles. The van der Waals surface area contributed by atoms with E-state index in [4.69, 9.17) is 0 Å². The van der Waals surface area contributed by atoms with Gasteiger partial charge in [0.2, 0.25) is 5.91 Å². The lowest BCUT2D eigenvalue weighted by molar-refractivity contribution is -0.117. The smallest absolute Gasteiger partial charge is 0.246 e. The Balaban J connectivity index is 3.76. The van der Waals surface area contributed by atoms with Crippen LogP contribution in [-0.4, -0.2) is 11.9 Å². The number of rotatable bonds is 2. The molecule has 2 nitrogen and oxygen atoms in total. The number of amides is 1. The van der Waals surface area contributed by atoms with Gasteiger partial charge in [0.1, 0.15) is 5.83 Å². The second kappa shape index (κ2) is 4.04. The third kappa shape index (κ3) is 5.28. The van der Waals surface area contributed by atoms with E-state index in [0.717, 1.165) is 6.08 Å². The Labute approximate surface area is 60.1 Å². The molecule has 0 aliphatic heterocycles. The first-order valence-corrected chi connectivity index (χ1v) is 3.16. The number of carbonyl (C=O) groups is 1. The second-order valence-electron chi connectivity index (χ2n) is 2.39. The van der Waals surface area contributed by atoms with Crippen molar-refractivity contribution in [3.05, 3.63) is 11.9 Å².